The zero-order valence-corrected chi connectivity index (χ0v) is 28.8. The summed E-state index contributed by atoms with van der Waals surface area (Å²) < 4.78 is 5.57. The summed E-state index contributed by atoms with van der Waals surface area (Å²) >= 11 is 0. The molecule has 0 bridgehead atoms. The van der Waals surface area contributed by atoms with Crippen LogP contribution in [0.1, 0.15) is 66.6 Å². The van der Waals surface area contributed by atoms with Crippen LogP contribution >= 0.6 is 0 Å². The minimum Gasteiger partial charge on any atom is -0.481 e. The van der Waals surface area contributed by atoms with Gasteiger partial charge in [-0.1, -0.05) is 72.8 Å². The fourth-order valence-corrected chi connectivity index (χ4v) is 5.26. The van der Waals surface area contributed by atoms with Crippen molar-refractivity contribution >= 4 is 28.6 Å². The number of Topliss-reactive ketones (excluding diaryl/α,β-unsaturated/α-hetero) is 1. The second kappa shape index (κ2) is 18.4. The number of fused-ring (bicyclic) bond motifs is 1. The van der Waals surface area contributed by atoms with E-state index in [0.29, 0.717) is 37.3 Å². The lowest BCUT2D eigenvalue weighted by atomic mass is 9.93. The molecule has 0 radical (unpaired) electrons. The van der Waals surface area contributed by atoms with E-state index in [1.165, 1.54) is 16.3 Å². The molecular formula is C39H46N6O5. The molecule has 5 rings (SSSR count). The number of nitrogens with zero attached hydrogens (tertiary/aromatic N) is 3. The summed E-state index contributed by atoms with van der Waals surface area (Å²) in [4.78, 5) is 50.6. The molecule has 0 saturated heterocycles. The SMILES string of the molecule is CC(C)(C)OC(=O)N(Cc1ccc(C(=O)[C@H](CCCNCc2ncc[nH]2)C(=O)O)cc1)Cc1ccccn1.NCc1cccc2ccccc12. The number of nitrogens with one attached hydrogen (secondary N) is 2. The average Bonchev–Trinajstić information content (AvgIpc) is 3.63. The smallest absolute Gasteiger partial charge is 0.410 e. The van der Waals surface area contributed by atoms with Crippen molar-refractivity contribution in [2.45, 2.75) is 65.4 Å². The number of ether oxygens (including phenoxy) is 1. The topological polar surface area (TPSA) is 164 Å². The van der Waals surface area contributed by atoms with Gasteiger partial charge in [-0.3, -0.25) is 19.5 Å². The first-order valence-electron chi connectivity index (χ1n) is 16.6. The van der Waals surface area contributed by atoms with E-state index in [-0.39, 0.29) is 19.5 Å². The van der Waals surface area contributed by atoms with Crippen LogP contribution in [0.25, 0.3) is 10.8 Å². The number of hydrogen-bond donors (Lipinski definition) is 4. The van der Waals surface area contributed by atoms with Crippen LogP contribution in [-0.2, 0) is 35.7 Å². The third-order valence-electron chi connectivity index (χ3n) is 7.75. The fourth-order valence-electron chi connectivity index (χ4n) is 5.26. The Morgan fingerprint density at radius 3 is 2.32 bits per heavy atom. The first-order chi connectivity index (χ1) is 24.0. The highest BCUT2D eigenvalue weighted by atomic mass is 16.6. The lowest BCUT2D eigenvalue weighted by Crippen LogP contribution is -2.36. The maximum atomic E-state index is 13.0. The molecule has 2 aromatic heterocycles. The molecule has 0 aliphatic heterocycles. The number of aromatic amines is 1. The standard InChI is InChI=1S/C28H35N5O5.C11H11N/c1-28(2,3)38-27(37)33(19-22-7-4-5-14-30-22)18-20-9-11-21(12-10-20)25(34)23(26(35)36)8-6-13-29-17-24-31-15-16-32-24;12-8-10-6-3-5-9-4-1-2-7-11(9)10/h4-5,7,9-12,14-16,23,29H,6,8,13,17-19H2,1-3H3,(H,31,32)(H,35,36);1-7H,8,12H2/t23-;/m0./s1. The predicted octanol–water partition coefficient (Wildman–Crippen LogP) is 6.49. The molecule has 0 spiro atoms. The van der Waals surface area contributed by atoms with Crippen LogP contribution in [0.15, 0.2) is 104 Å². The number of benzene rings is 3. The van der Waals surface area contributed by atoms with Crippen molar-refractivity contribution in [1.82, 2.24) is 25.2 Å². The maximum Gasteiger partial charge on any atom is 0.410 e. The summed E-state index contributed by atoms with van der Waals surface area (Å²) in [5.41, 5.74) is 7.98. The molecule has 2 heterocycles. The monoisotopic (exact) mass is 678 g/mol. The number of carboxylic acid groups (broad SMARTS) is 1. The Kier molecular flexibility index (Phi) is 13.8. The average molecular weight is 679 g/mol. The third-order valence-corrected chi connectivity index (χ3v) is 7.75. The Morgan fingerprint density at radius 1 is 0.920 bits per heavy atom. The molecule has 11 heteroatoms. The lowest BCUT2D eigenvalue weighted by Gasteiger charge is -2.27. The molecule has 262 valence electrons. The van der Waals surface area contributed by atoms with Crippen molar-refractivity contribution in [3.05, 3.63) is 132 Å². The molecule has 5 N–H and O–H groups in total. The van der Waals surface area contributed by atoms with E-state index in [1.807, 2.05) is 30.3 Å². The Morgan fingerprint density at radius 2 is 1.66 bits per heavy atom. The molecule has 0 aliphatic rings. The van der Waals surface area contributed by atoms with Gasteiger partial charge in [0.05, 0.1) is 18.8 Å². The molecule has 0 fully saturated rings. The minimum atomic E-state index is -1.14. The van der Waals surface area contributed by atoms with Gasteiger partial charge in [0.2, 0.25) is 0 Å². The molecule has 11 nitrogen and oxygen atoms in total. The van der Waals surface area contributed by atoms with Crippen molar-refractivity contribution in [2.75, 3.05) is 6.54 Å². The van der Waals surface area contributed by atoms with Crippen LogP contribution in [0.3, 0.4) is 0 Å². The first-order valence-corrected chi connectivity index (χ1v) is 16.6. The second-order valence-corrected chi connectivity index (χ2v) is 12.8. The summed E-state index contributed by atoms with van der Waals surface area (Å²) in [6.07, 6.45) is 5.33. The van der Waals surface area contributed by atoms with Crippen LogP contribution < -0.4 is 11.1 Å². The van der Waals surface area contributed by atoms with E-state index < -0.39 is 29.4 Å². The number of carbonyl (C=O) groups excluding carboxylic acids is 2. The number of imidazole rings is 1. The maximum absolute atomic E-state index is 13.0. The van der Waals surface area contributed by atoms with Gasteiger partial charge in [-0.25, -0.2) is 9.78 Å². The van der Waals surface area contributed by atoms with Gasteiger partial charge in [-0.2, -0.15) is 0 Å². The third kappa shape index (κ3) is 11.6. The Hall–Kier alpha value is -5.39. The quantitative estimate of drug-likeness (QED) is 0.0584. The molecule has 1 atom stereocenters. The van der Waals surface area contributed by atoms with Gasteiger partial charge in [0.25, 0.3) is 0 Å². The summed E-state index contributed by atoms with van der Waals surface area (Å²) in [5.74, 6) is -1.92. The summed E-state index contributed by atoms with van der Waals surface area (Å²) in [6, 6.07) is 26.7. The number of amides is 1. The number of ketones is 1. The molecular weight excluding hydrogens is 632 g/mol. The van der Waals surface area contributed by atoms with Gasteiger partial charge in [-0.05, 0) is 74.2 Å². The zero-order valence-electron chi connectivity index (χ0n) is 28.8. The van der Waals surface area contributed by atoms with Crippen LogP contribution in [0.2, 0.25) is 0 Å². The summed E-state index contributed by atoms with van der Waals surface area (Å²) in [7, 11) is 0. The Balaban J connectivity index is 0.000000390. The highest BCUT2D eigenvalue weighted by Gasteiger charge is 2.27. The van der Waals surface area contributed by atoms with Crippen LogP contribution in [0.5, 0.6) is 0 Å². The highest BCUT2D eigenvalue weighted by Crippen LogP contribution is 2.20. The summed E-state index contributed by atoms with van der Waals surface area (Å²) in [6.45, 7) is 7.62. The molecule has 50 heavy (non-hydrogen) atoms. The zero-order chi connectivity index (χ0) is 35.9. The van der Waals surface area contributed by atoms with Crippen molar-refractivity contribution in [2.24, 2.45) is 11.7 Å². The van der Waals surface area contributed by atoms with Crippen LogP contribution in [-0.4, -0.2) is 54.9 Å². The molecule has 5 aromatic rings. The van der Waals surface area contributed by atoms with Crippen molar-refractivity contribution in [3.63, 3.8) is 0 Å². The Labute approximate surface area is 292 Å². The first kappa shape index (κ1) is 37.4. The van der Waals surface area contributed by atoms with E-state index in [2.05, 4.69) is 44.5 Å². The van der Waals surface area contributed by atoms with E-state index in [4.69, 9.17) is 10.5 Å². The van der Waals surface area contributed by atoms with E-state index in [0.717, 1.165) is 11.4 Å². The number of aliphatic carboxylic acids is 1. The van der Waals surface area contributed by atoms with E-state index >= 15 is 0 Å². The van der Waals surface area contributed by atoms with Gasteiger partial charge in [0.15, 0.2) is 5.78 Å². The van der Waals surface area contributed by atoms with E-state index in [9.17, 15) is 19.5 Å². The number of carbonyl (C=O) groups is 3. The summed E-state index contributed by atoms with van der Waals surface area (Å²) in [5, 5.41) is 15.4. The number of H-pyrrole nitrogens is 1. The van der Waals surface area contributed by atoms with Gasteiger partial charge in [-0.15, -0.1) is 0 Å². The predicted molar refractivity (Wildman–Crippen MR) is 193 cm³/mol. The normalized spacial score (nSPS) is 11.7. The minimum absolute atomic E-state index is 0.220. The fraction of sp³-hybridized carbons (Fsp3) is 0.308. The molecule has 0 aliphatic carbocycles. The number of pyridine rings is 1. The number of nitrogens with two attached hydrogens (primary N) is 1. The number of carboxylic acids is 1. The number of hydrogen-bond acceptors (Lipinski definition) is 8. The number of aromatic nitrogens is 3. The largest absolute Gasteiger partial charge is 0.481 e. The molecule has 3 aromatic carbocycles. The Bertz CT molecular complexity index is 1800. The van der Waals surface area contributed by atoms with Crippen LogP contribution in [0, 0.1) is 5.92 Å². The van der Waals surface area contributed by atoms with Gasteiger partial charge < -0.3 is 25.9 Å². The molecule has 1 amide bonds. The molecule has 0 unspecified atom stereocenters. The van der Waals surface area contributed by atoms with Gasteiger partial charge >= 0.3 is 12.1 Å². The van der Waals surface area contributed by atoms with Crippen molar-refractivity contribution in [3.8, 4) is 0 Å². The van der Waals surface area contributed by atoms with Crippen molar-refractivity contribution in [1.29, 1.82) is 0 Å². The highest BCUT2D eigenvalue weighted by molar-refractivity contribution is 6.08. The number of rotatable bonds is 14. The lowest BCUT2D eigenvalue weighted by molar-refractivity contribution is -0.140. The second-order valence-electron chi connectivity index (χ2n) is 12.8. The van der Waals surface area contributed by atoms with E-state index in [1.54, 1.807) is 74.6 Å². The molecule has 0 saturated carbocycles. The van der Waals surface area contributed by atoms with Crippen molar-refractivity contribution < 1.29 is 24.2 Å². The van der Waals surface area contributed by atoms with Crippen LogP contribution in [0.4, 0.5) is 4.79 Å². The van der Waals surface area contributed by atoms with Gasteiger partial charge in [0, 0.05) is 37.2 Å². The van der Waals surface area contributed by atoms with Gasteiger partial charge in [0.1, 0.15) is 17.3 Å².